The lowest BCUT2D eigenvalue weighted by molar-refractivity contribution is 0.601. The second-order valence-electron chi connectivity index (χ2n) is 3.46. The van der Waals surface area contributed by atoms with E-state index in [1.54, 1.807) is 0 Å². The summed E-state index contributed by atoms with van der Waals surface area (Å²) >= 11 is 5.83. The van der Waals surface area contributed by atoms with Crippen LogP contribution in [0, 0.1) is 0 Å². The Morgan fingerprint density at radius 2 is 1.82 bits per heavy atom. The summed E-state index contributed by atoms with van der Waals surface area (Å²) in [7, 11) is -0.229. The summed E-state index contributed by atoms with van der Waals surface area (Å²) in [4.78, 5) is 0. The molecule has 0 fully saturated rings. The summed E-state index contributed by atoms with van der Waals surface area (Å²) in [6.07, 6.45) is 8.38. The SMILES string of the molecule is CCCCCCCC(C)[SiH2]Cl. The van der Waals surface area contributed by atoms with Crippen molar-refractivity contribution in [3.05, 3.63) is 0 Å². The maximum Gasteiger partial charge on any atom is 0.128 e. The molecule has 0 rings (SSSR count). The molecule has 1 atom stereocenters. The number of hydrogen-bond donors (Lipinski definition) is 0. The van der Waals surface area contributed by atoms with Gasteiger partial charge in [0.2, 0.25) is 0 Å². The molecule has 68 valence electrons. The second kappa shape index (κ2) is 8.60. The third-order valence-electron chi connectivity index (χ3n) is 2.06. The van der Waals surface area contributed by atoms with E-state index in [0.29, 0.717) is 0 Å². The van der Waals surface area contributed by atoms with E-state index in [9.17, 15) is 0 Å². The zero-order valence-electron chi connectivity index (χ0n) is 7.91. The highest BCUT2D eigenvalue weighted by Gasteiger charge is 1.99. The fraction of sp³-hybridized carbons (Fsp3) is 1.00. The molecule has 0 aliphatic rings. The van der Waals surface area contributed by atoms with Crippen LogP contribution in [0.15, 0.2) is 0 Å². The first-order valence-electron chi connectivity index (χ1n) is 4.87. The van der Waals surface area contributed by atoms with Crippen LogP contribution >= 0.6 is 11.1 Å². The third kappa shape index (κ3) is 8.41. The van der Waals surface area contributed by atoms with Crippen molar-refractivity contribution >= 4 is 19.9 Å². The van der Waals surface area contributed by atoms with Crippen LogP contribution in [0.1, 0.15) is 52.4 Å². The molecule has 0 radical (unpaired) electrons. The van der Waals surface area contributed by atoms with Gasteiger partial charge in [0.25, 0.3) is 0 Å². The van der Waals surface area contributed by atoms with E-state index in [1.807, 2.05) is 0 Å². The van der Waals surface area contributed by atoms with Crippen molar-refractivity contribution in [1.82, 2.24) is 0 Å². The van der Waals surface area contributed by atoms with Gasteiger partial charge in [0.15, 0.2) is 0 Å². The first kappa shape index (κ1) is 11.5. The van der Waals surface area contributed by atoms with Gasteiger partial charge in [0, 0.05) is 0 Å². The zero-order chi connectivity index (χ0) is 8.53. The van der Waals surface area contributed by atoms with E-state index in [-0.39, 0.29) is 8.83 Å². The van der Waals surface area contributed by atoms with Gasteiger partial charge in [-0.3, -0.25) is 0 Å². The lowest BCUT2D eigenvalue weighted by Gasteiger charge is -2.05. The van der Waals surface area contributed by atoms with Crippen molar-refractivity contribution in [2.45, 2.75) is 57.9 Å². The molecule has 11 heavy (non-hydrogen) atoms. The van der Waals surface area contributed by atoms with Crippen molar-refractivity contribution in [3.8, 4) is 0 Å². The van der Waals surface area contributed by atoms with Crippen molar-refractivity contribution in [3.63, 3.8) is 0 Å². The Balaban J connectivity index is 2.89. The predicted octanol–water partition coefficient (Wildman–Crippen LogP) is 3.48. The molecule has 0 aromatic carbocycles. The molecule has 0 N–H and O–H groups in total. The van der Waals surface area contributed by atoms with Gasteiger partial charge in [-0.2, -0.15) is 11.1 Å². The molecule has 0 amide bonds. The van der Waals surface area contributed by atoms with Crippen molar-refractivity contribution in [2.75, 3.05) is 0 Å². The van der Waals surface area contributed by atoms with Crippen LogP contribution in [0.25, 0.3) is 0 Å². The largest absolute Gasteiger partial charge is 0.176 e. The Bertz CT molecular complexity index is 76.0. The fourth-order valence-electron chi connectivity index (χ4n) is 1.17. The minimum absolute atomic E-state index is 0.229. The molecular weight excluding hydrogens is 172 g/mol. The lowest BCUT2D eigenvalue weighted by atomic mass is 10.1. The highest BCUT2D eigenvalue weighted by molar-refractivity contribution is 6.94. The Hall–Kier alpha value is 0.507. The maximum absolute atomic E-state index is 5.83. The van der Waals surface area contributed by atoms with Crippen LogP contribution < -0.4 is 0 Å². The Morgan fingerprint density at radius 3 is 2.36 bits per heavy atom. The highest BCUT2D eigenvalue weighted by Crippen LogP contribution is 2.15. The number of rotatable bonds is 7. The number of halogens is 1. The molecule has 0 aromatic rings. The molecule has 0 aliphatic heterocycles. The predicted molar refractivity (Wildman–Crippen MR) is 57.2 cm³/mol. The van der Waals surface area contributed by atoms with Gasteiger partial charge >= 0.3 is 0 Å². The van der Waals surface area contributed by atoms with Gasteiger partial charge < -0.3 is 0 Å². The van der Waals surface area contributed by atoms with Crippen LogP contribution in [0.3, 0.4) is 0 Å². The van der Waals surface area contributed by atoms with E-state index >= 15 is 0 Å². The highest BCUT2D eigenvalue weighted by atomic mass is 35.6. The summed E-state index contributed by atoms with van der Waals surface area (Å²) in [6, 6.07) is 0. The van der Waals surface area contributed by atoms with E-state index in [1.165, 1.54) is 38.5 Å². The van der Waals surface area contributed by atoms with E-state index in [4.69, 9.17) is 11.1 Å². The van der Waals surface area contributed by atoms with Crippen LogP contribution in [0.4, 0.5) is 0 Å². The van der Waals surface area contributed by atoms with Crippen LogP contribution in [-0.2, 0) is 0 Å². The van der Waals surface area contributed by atoms with E-state index < -0.39 is 0 Å². The summed E-state index contributed by atoms with van der Waals surface area (Å²) < 4.78 is 0. The van der Waals surface area contributed by atoms with Crippen LogP contribution in [0.5, 0.6) is 0 Å². The second-order valence-corrected chi connectivity index (χ2v) is 6.09. The molecule has 0 bridgehead atoms. The molecule has 0 heterocycles. The average molecular weight is 193 g/mol. The van der Waals surface area contributed by atoms with Gasteiger partial charge in [0.1, 0.15) is 8.83 Å². The van der Waals surface area contributed by atoms with Gasteiger partial charge in [-0.25, -0.2) is 0 Å². The normalized spacial score (nSPS) is 14.5. The molecule has 0 nitrogen and oxygen atoms in total. The first-order chi connectivity index (χ1) is 5.31. The molecule has 0 aromatic heterocycles. The summed E-state index contributed by atoms with van der Waals surface area (Å²) in [6.45, 7) is 4.55. The Labute approximate surface area is 78.2 Å². The molecule has 0 saturated carbocycles. The van der Waals surface area contributed by atoms with Crippen molar-refractivity contribution < 1.29 is 0 Å². The number of hydrogen-bond acceptors (Lipinski definition) is 0. The molecular formula is C9H21ClSi. The first-order valence-corrected chi connectivity index (χ1v) is 7.82. The van der Waals surface area contributed by atoms with E-state index in [0.717, 1.165) is 5.54 Å². The Kier molecular flexibility index (Phi) is 9.00. The molecule has 0 aliphatic carbocycles. The topological polar surface area (TPSA) is 0 Å². The quantitative estimate of drug-likeness (QED) is 0.329. The number of unbranched alkanes of at least 4 members (excludes halogenated alkanes) is 4. The van der Waals surface area contributed by atoms with Gasteiger partial charge in [-0.1, -0.05) is 52.4 Å². The Morgan fingerprint density at radius 1 is 1.18 bits per heavy atom. The summed E-state index contributed by atoms with van der Waals surface area (Å²) in [5.74, 6) is 0. The average Bonchev–Trinajstić information content (AvgIpc) is 2.04. The minimum atomic E-state index is -0.229. The lowest BCUT2D eigenvalue weighted by Crippen LogP contribution is -1.91. The molecule has 0 spiro atoms. The van der Waals surface area contributed by atoms with Gasteiger partial charge in [-0.15, -0.1) is 0 Å². The monoisotopic (exact) mass is 192 g/mol. The van der Waals surface area contributed by atoms with Crippen molar-refractivity contribution in [2.24, 2.45) is 0 Å². The maximum atomic E-state index is 5.83. The standard InChI is InChI=1S/C9H21ClSi/c1-3-4-5-6-7-8-9(2)11-10/h9H,3-8,11H2,1-2H3. The van der Waals surface area contributed by atoms with Crippen LogP contribution in [0.2, 0.25) is 5.54 Å². The van der Waals surface area contributed by atoms with Crippen molar-refractivity contribution in [1.29, 1.82) is 0 Å². The smallest absolute Gasteiger partial charge is 0.128 e. The molecule has 1 unspecified atom stereocenters. The summed E-state index contributed by atoms with van der Waals surface area (Å²) in [5, 5.41) is 0. The third-order valence-corrected chi connectivity index (χ3v) is 4.58. The minimum Gasteiger partial charge on any atom is -0.176 e. The fourth-order valence-corrected chi connectivity index (χ4v) is 2.08. The van der Waals surface area contributed by atoms with Gasteiger partial charge in [-0.05, 0) is 5.54 Å². The van der Waals surface area contributed by atoms with E-state index in [2.05, 4.69) is 13.8 Å². The zero-order valence-corrected chi connectivity index (χ0v) is 10.1. The molecule has 0 saturated heterocycles. The summed E-state index contributed by atoms with van der Waals surface area (Å²) in [5.41, 5.74) is 0.860. The van der Waals surface area contributed by atoms with Crippen LogP contribution in [-0.4, -0.2) is 8.83 Å². The van der Waals surface area contributed by atoms with Gasteiger partial charge in [0.05, 0.1) is 0 Å². The molecule has 2 heteroatoms.